The molecule has 0 radical (unpaired) electrons. The number of nitrogens with one attached hydrogen (secondary N) is 1. The summed E-state index contributed by atoms with van der Waals surface area (Å²) < 4.78 is 36.1. The summed E-state index contributed by atoms with van der Waals surface area (Å²) in [5.74, 6) is -2.23. The lowest BCUT2D eigenvalue weighted by atomic mass is 9.82. The van der Waals surface area contributed by atoms with Crippen molar-refractivity contribution < 1.29 is 28.2 Å². The van der Waals surface area contributed by atoms with Gasteiger partial charge in [0.05, 0.1) is 23.7 Å². The maximum Gasteiger partial charge on any atom is 0.303 e. The molecular weight excluding hydrogens is 506 g/mol. The Morgan fingerprint density at radius 2 is 1.82 bits per heavy atom. The Balaban J connectivity index is 1.57. The molecule has 39 heavy (non-hydrogen) atoms. The Labute approximate surface area is 225 Å². The number of carboxylic acid groups (broad SMARTS) is 1. The molecule has 0 saturated heterocycles. The molecule has 1 amide bonds. The van der Waals surface area contributed by atoms with Crippen molar-refractivity contribution in [1.82, 2.24) is 19.9 Å². The van der Waals surface area contributed by atoms with Crippen LogP contribution in [0.4, 0.5) is 8.78 Å². The summed E-state index contributed by atoms with van der Waals surface area (Å²) in [7, 11) is 1.49. The van der Waals surface area contributed by atoms with E-state index < -0.39 is 23.6 Å². The van der Waals surface area contributed by atoms with E-state index in [1.54, 1.807) is 22.9 Å². The van der Waals surface area contributed by atoms with Crippen molar-refractivity contribution in [3.63, 3.8) is 0 Å². The number of carboxylic acids is 1. The normalized spacial score (nSPS) is 21.0. The summed E-state index contributed by atoms with van der Waals surface area (Å²) in [6.07, 6.45) is 9.32. The Morgan fingerprint density at radius 3 is 2.51 bits per heavy atom. The van der Waals surface area contributed by atoms with Crippen molar-refractivity contribution in [2.45, 2.75) is 76.3 Å². The summed E-state index contributed by atoms with van der Waals surface area (Å²) in [4.78, 5) is 34.2. The van der Waals surface area contributed by atoms with E-state index in [2.05, 4.69) is 15.3 Å². The van der Waals surface area contributed by atoms with Gasteiger partial charge < -0.3 is 19.7 Å². The van der Waals surface area contributed by atoms with E-state index in [0.717, 1.165) is 57.1 Å². The van der Waals surface area contributed by atoms with Crippen LogP contribution in [-0.4, -0.2) is 44.7 Å². The smallest absolute Gasteiger partial charge is 0.303 e. The zero-order valence-electron chi connectivity index (χ0n) is 22.0. The zero-order valence-corrected chi connectivity index (χ0v) is 22.0. The van der Waals surface area contributed by atoms with E-state index in [4.69, 9.17) is 9.84 Å². The van der Waals surface area contributed by atoms with Gasteiger partial charge in [0.15, 0.2) is 11.6 Å². The number of methoxy groups -OCH3 is 1. The summed E-state index contributed by atoms with van der Waals surface area (Å²) in [5.41, 5.74) is 1.11. The van der Waals surface area contributed by atoms with Crippen molar-refractivity contribution in [3.8, 4) is 17.3 Å². The molecule has 2 aliphatic carbocycles. The highest BCUT2D eigenvalue weighted by Crippen LogP contribution is 2.40. The van der Waals surface area contributed by atoms with Crippen molar-refractivity contribution in [2.75, 3.05) is 7.11 Å². The van der Waals surface area contributed by atoms with Crippen LogP contribution in [-0.2, 0) is 9.59 Å². The van der Waals surface area contributed by atoms with Crippen molar-refractivity contribution in [2.24, 2.45) is 11.8 Å². The lowest BCUT2D eigenvalue weighted by Crippen LogP contribution is -2.44. The van der Waals surface area contributed by atoms with Crippen molar-refractivity contribution in [3.05, 3.63) is 42.1 Å². The summed E-state index contributed by atoms with van der Waals surface area (Å²) in [5, 5.41) is 12.4. The molecule has 2 fully saturated rings. The maximum atomic E-state index is 14.6. The van der Waals surface area contributed by atoms with Crippen LogP contribution in [0.2, 0.25) is 0 Å². The number of ether oxygens (including phenoxy) is 1. The lowest BCUT2D eigenvalue weighted by Gasteiger charge is -2.34. The van der Waals surface area contributed by atoms with Gasteiger partial charge in [0.2, 0.25) is 11.8 Å². The molecule has 3 aromatic rings. The van der Waals surface area contributed by atoms with Crippen LogP contribution in [0.15, 0.2) is 30.5 Å². The fraction of sp³-hybridized carbons (Fsp3) is 0.517. The Hall–Kier alpha value is -3.56. The molecule has 0 aliphatic heterocycles. The second-order valence-corrected chi connectivity index (χ2v) is 10.8. The first-order chi connectivity index (χ1) is 18.9. The van der Waals surface area contributed by atoms with E-state index >= 15 is 0 Å². The largest absolute Gasteiger partial charge is 0.481 e. The fourth-order valence-electron chi connectivity index (χ4n) is 6.32. The molecule has 208 valence electrons. The minimum atomic E-state index is -1.01. The van der Waals surface area contributed by atoms with Crippen LogP contribution < -0.4 is 10.1 Å². The molecule has 0 spiro atoms. The first-order valence-electron chi connectivity index (χ1n) is 13.7. The monoisotopic (exact) mass is 540 g/mol. The first-order valence-corrected chi connectivity index (χ1v) is 13.7. The van der Waals surface area contributed by atoms with Crippen LogP contribution in [0, 0.1) is 23.5 Å². The Morgan fingerprint density at radius 1 is 1.10 bits per heavy atom. The van der Waals surface area contributed by atoms with Gasteiger partial charge >= 0.3 is 5.97 Å². The average Bonchev–Trinajstić information content (AvgIpc) is 3.27. The van der Waals surface area contributed by atoms with Crippen LogP contribution in [0.5, 0.6) is 5.88 Å². The van der Waals surface area contributed by atoms with Gasteiger partial charge in [-0.15, -0.1) is 0 Å². The van der Waals surface area contributed by atoms with Crippen molar-refractivity contribution in [1.29, 1.82) is 0 Å². The number of hydrogen-bond acceptors (Lipinski definition) is 5. The van der Waals surface area contributed by atoms with E-state index in [1.165, 1.54) is 7.11 Å². The third-order valence-electron chi connectivity index (χ3n) is 8.24. The molecule has 1 aromatic carbocycles. The average molecular weight is 541 g/mol. The van der Waals surface area contributed by atoms with E-state index in [-0.39, 0.29) is 35.7 Å². The second kappa shape index (κ2) is 11.7. The van der Waals surface area contributed by atoms with Gasteiger partial charge in [-0.3, -0.25) is 9.59 Å². The number of amides is 1. The molecule has 5 rings (SSSR count). The number of benzene rings is 1. The van der Waals surface area contributed by atoms with Crippen LogP contribution in [0.1, 0.15) is 70.3 Å². The number of halogens is 2. The van der Waals surface area contributed by atoms with Gasteiger partial charge in [0.25, 0.3) is 0 Å². The third-order valence-corrected chi connectivity index (χ3v) is 8.24. The molecule has 2 N–H and O–H groups in total. The number of imidazole rings is 1. The van der Waals surface area contributed by atoms with Gasteiger partial charge in [-0.1, -0.05) is 19.3 Å². The van der Waals surface area contributed by atoms with Gasteiger partial charge in [0, 0.05) is 30.8 Å². The molecule has 2 heterocycles. The molecule has 1 atom stereocenters. The number of fused-ring (bicyclic) bond motifs is 1. The summed E-state index contributed by atoms with van der Waals surface area (Å²) in [6.45, 7) is 0. The fourth-order valence-corrected chi connectivity index (χ4v) is 6.32. The van der Waals surface area contributed by atoms with Crippen molar-refractivity contribution >= 4 is 22.9 Å². The quantitative estimate of drug-likeness (QED) is 0.382. The van der Waals surface area contributed by atoms with Crippen LogP contribution >= 0.6 is 0 Å². The lowest BCUT2D eigenvalue weighted by molar-refractivity contribution is -0.138. The van der Waals surface area contributed by atoms with Gasteiger partial charge in [0.1, 0.15) is 11.9 Å². The molecule has 10 heteroatoms. The highest BCUT2D eigenvalue weighted by atomic mass is 19.2. The van der Waals surface area contributed by atoms with E-state index in [0.29, 0.717) is 35.6 Å². The van der Waals surface area contributed by atoms with E-state index in [9.17, 15) is 18.4 Å². The number of hydrogen-bond donors (Lipinski definition) is 2. The van der Waals surface area contributed by atoms with Gasteiger partial charge in [-0.05, 0) is 62.5 Å². The van der Waals surface area contributed by atoms with Crippen LogP contribution in [0.25, 0.3) is 22.4 Å². The molecule has 1 unspecified atom stereocenters. The number of aromatic nitrogens is 3. The molecule has 0 bridgehead atoms. The second-order valence-electron chi connectivity index (χ2n) is 10.8. The molecule has 2 aromatic heterocycles. The standard InChI is InChI=1S/C29H34F2N4O4/c1-39-29-20(8-5-13-32-29)27-34-23-15-21(30)22(31)16-24(23)35(27)26(18-6-3-2-4-7-18)28(38)33-19-11-9-17(10-12-19)14-25(36)37/h5,8,13,15-19,26H,2-4,6-7,9-12,14H2,1H3,(H,33,38)(H,36,37). The number of carbonyl (C=O) groups is 2. The predicted molar refractivity (Wildman–Crippen MR) is 141 cm³/mol. The minimum absolute atomic E-state index is 0.0194. The summed E-state index contributed by atoms with van der Waals surface area (Å²) in [6, 6.07) is 4.91. The molecule has 2 saturated carbocycles. The Bertz CT molecular complexity index is 1350. The first kappa shape index (κ1) is 27.0. The van der Waals surface area contributed by atoms with E-state index in [1.807, 2.05) is 0 Å². The molecular formula is C29H34F2N4O4. The minimum Gasteiger partial charge on any atom is -0.481 e. The number of nitrogens with zero attached hydrogens (tertiary/aromatic N) is 3. The Kier molecular flexibility index (Phi) is 8.09. The van der Waals surface area contributed by atoms with Gasteiger partial charge in [-0.2, -0.15) is 0 Å². The number of aliphatic carboxylic acids is 1. The van der Waals surface area contributed by atoms with Gasteiger partial charge in [-0.25, -0.2) is 18.7 Å². The number of rotatable bonds is 8. The SMILES string of the molecule is COc1ncccc1-c1nc2cc(F)c(F)cc2n1C(C(=O)NC1CCC(CC(=O)O)CC1)C1CCCCC1. The number of pyridine rings is 1. The molecule has 2 aliphatic rings. The third kappa shape index (κ3) is 5.74. The maximum absolute atomic E-state index is 14.6. The zero-order chi connectivity index (χ0) is 27.5. The predicted octanol–water partition coefficient (Wildman–Crippen LogP) is 5.66. The summed E-state index contributed by atoms with van der Waals surface area (Å²) >= 11 is 0. The number of carbonyl (C=O) groups excluding carboxylic acids is 1. The van der Waals surface area contributed by atoms with Crippen LogP contribution in [0.3, 0.4) is 0 Å². The topological polar surface area (TPSA) is 106 Å². The highest BCUT2D eigenvalue weighted by Gasteiger charge is 2.36. The molecule has 8 nitrogen and oxygen atoms in total. The highest BCUT2D eigenvalue weighted by molar-refractivity contribution is 5.88.